The highest BCUT2D eigenvalue weighted by Crippen LogP contribution is 2.15. The number of aromatic amines is 1. The number of aromatic nitrogens is 3. The Hall–Kier alpha value is -1.14. The van der Waals surface area contributed by atoms with Crippen molar-refractivity contribution in [1.82, 2.24) is 15.2 Å². The minimum Gasteiger partial charge on any atom is -0.330 e. The normalized spacial score (nSPS) is 12.8. The zero-order chi connectivity index (χ0) is 11.3. The Bertz CT molecular complexity index is 284. The lowest BCUT2D eigenvalue weighted by atomic mass is 10.1. The van der Waals surface area contributed by atoms with Crippen LogP contribution in [0.15, 0.2) is 0 Å². The Morgan fingerprint density at radius 3 is 2.87 bits per heavy atom. The lowest BCUT2D eigenvalue weighted by Gasteiger charge is -2.12. The summed E-state index contributed by atoms with van der Waals surface area (Å²) < 4.78 is 0. The van der Waals surface area contributed by atoms with Crippen LogP contribution in [0.25, 0.3) is 0 Å². The molecule has 15 heavy (non-hydrogen) atoms. The largest absolute Gasteiger partial charge is 0.330 e. The maximum Gasteiger partial charge on any atom is 0.258 e. The Morgan fingerprint density at radius 1 is 1.53 bits per heavy atom. The van der Waals surface area contributed by atoms with E-state index in [4.69, 9.17) is 11.6 Å². The van der Waals surface area contributed by atoms with E-state index in [0.717, 1.165) is 18.7 Å². The van der Waals surface area contributed by atoms with Gasteiger partial charge in [-0.1, -0.05) is 13.8 Å². The van der Waals surface area contributed by atoms with Crippen molar-refractivity contribution in [2.24, 2.45) is 11.6 Å². The van der Waals surface area contributed by atoms with Gasteiger partial charge in [-0.05, 0) is 19.4 Å². The van der Waals surface area contributed by atoms with E-state index < -0.39 is 0 Å². The Labute approximate surface area is 90.0 Å². The Kier molecular flexibility index (Phi) is 4.51. The standard InChI is InChI=1S/C9H20N6/c1-3-7(2)8-12-9(14-13-8)15(11)6-4-5-10/h7H,3-6,10-11H2,1-2H3,(H,12,13,14). The molecule has 5 N–H and O–H groups in total. The van der Waals surface area contributed by atoms with Crippen LogP contribution in [0.5, 0.6) is 0 Å². The van der Waals surface area contributed by atoms with Crippen molar-refractivity contribution in [3.05, 3.63) is 5.82 Å². The van der Waals surface area contributed by atoms with Crippen molar-refractivity contribution in [2.75, 3.05) is 18.1 Å². The third kappa shape index (κ3) is 3.17. The molecule has 1 aromatic rings. The second-order valence-electron chi connectivity index (χ2n) is 3.67. The topological polar surface area (TPSA) is 96.8 Å². The quantitative estimate of drug-likeness (QED) is 0.467. The fraction of sp³-hybridized carbons (Fsp3) is 0.778. The van der Waals surface area contributed by atoms with Gasteiger partial charge in [-0.2, -0.15) is 4.98 Å². The molecule has 6 heteroatoms. The zero-order valence-corrected chi connectivity index (χ0v) is 9.40. The van der Waals surface area contributed by atoms with Crippen molar-refractivity contribution < 1.29 is 0 Å². The number of rotatable bonds is 6. The van der Waals surface area contributed by atoms with E-state index >= 15 is 0 Å². The highest BCUT2D eigenvalue weighted by atomic mass is 15.5. The van der Waals surface area contributed by atoms with Gasteiger partial charge in [0.05, 0.1) is 0 Å². The fourth-order valence-electron chi connectivity index (χ4n) is 1.17. The average molecular weight is 212 g/mol. The molecule has 1 atom stereocenters. The van der Waals surface area contributed by atoms with Crippen LogP contribution in [0.3, 0.4) is 0 Å². The van der Waals surface area contributed by atoms with E-state index in [0.29, 0.717) is 25.0 Å². The average Bonchev–Trinajstić information content (AvgIpc) is 2.74. The summed E-state index contributed by atoms with van der Waals surface area (Å²) in [6.45, 7) is 5.51. The molecule has 86 valence electrons. The first-order chi connectivity index (χ1) is 7.19. The van der Waals surface area contributed by atoms with E-state index in [2.05, 4.69) is 29.0 Å². The van der Waals surface area contributed by atoms with Gasteiger partial charge in [-0.3, -0.25) is 10.1 Å². The minimum atomic E-state index is 0.383. The summed E-state index contributed by atoms with van der Waals surface area (Å²) in [5.74, 6) is 7.58. The second-order valence-corrected chi connectivity index (χ2v) is 3.67. The van der Waals surface area contributed by atoms with Crippen LogP contribution in [0.1, 0.15) is 38.4 Å². The number of nitrogens with zero attached hydrogens (tertiary/aromatic N) is 3. The first kappa shape index (κ1) is 11.9. The van der Waals surface area contributed by atoms with E-state index in [1.54, 1.807) is 0 Å². The molecule has 0 radical (unpaired) electrons. The highest BCUT2D eigenvalue weighted by Gasteiger charge is 2.11. The van der Waals surface area contributed by atoms with Crippen LogP contribution < -0.4 is 16.6 Å². The molecule has 0 amide bonds. The predicted octanol–water partition coefficient (Wildman–Crippen LogP) is 0.347. The van der Waals surface area contributed by atoms with Gasteiger partial charge in [-0.15, -0.1) is 5.10 Å². The molecule has 1 rings (SSSR count). The molecule has 0 spiro atoms. The molecule has 1 unspecified atom stereocenters. The number of nitrogens with one attached hydrogen (secondary N) is 1. The van der Waals surface area contributed by atoms with Crippen molar-refractivity contribution in [3.63, 3.8) is 0 Å². The third-order valence-corrected chi connectivity index (χ3v) is 2.43. The van der Waals surface area contributed by atoms with E-state index in [1.165, 1.54) is 5.01 Å². The second kappa shape index (κ2) is 5.67. The lowest BCUT2D eigenvalue weighted by Crippen LogP contribution is -2.33. The number of anilines is 1. The molecular weight excluding hydrogens is 192 g/mol. The molecule has 0 fully saturated rings. The summed E-state index contributed by atoms with van der Waals surface area (Å²) in [5.41, 5.74) is 5.40. The molecule has 1 heterocycles. The maximum atomic E-state index is 5.77. The lowest BCUT2D eigenvalue weighted by molar-refractivity contribution is 0.681. The summed E-state index contributed by atoms with van der Waals surface area (Å²) in [6.07, 6.45) is 1.87. The summed E-state index contributed by atoms with van der Waals surface area (Å²) in [7, 11) is 0. The number of H-pyrrole nitrogens is 1. The molecule has 1 aromatic heterocycles. The molecule has 0 saturated heterocycles. The van der Waals surface area contributed by atoms with Gasteiger partial charge in [-0.25, -0.2) is 5.84 Å². The van der Waals surface area contributed by atoms with Gasteiger partial charge in [0, 0.05) is 12.5 Å². The van der Waals surface area contributed by atoms with Crippen molar-refractivity contribution >= 4 is 5.95 Å². The first-order valence-corrected chi connectivity index (χ1v) is 5.33. The van der Waals surface area contributed by atoms with Crippen molar-refractivity contribution in [2.45, 2.75) is 32.6 Å². The predicted molar refractivity (Wildman–Crippen MR) is 60.3 cm³/mol. The maximum absolute atomic E-state index is 5.77. The smallest absolute Gasteiger partial charge is 0.258 e. The van der Waals surface area contributed by atoms with Crippen LogP contribution in [-0.4, -0.2) is 28.3 Å². The highest BCUT2D eigenvalue weighted by molar-refractivity contribution is 5.25. The van der Waals surface area contributed by atoms with Gasteiger partial charge in [0.15, 0.2) is 0 Å². The van der Waals surface area contributed by atoms with Crippen molar-refractivity contribution in [3.8, 4) is 0 Å². The third-order valence-electron chi connectivity index (χ3n) is 2.43. The molecule has 0 aliphatic heterocycles. The van der Waals surface area contributed by atoms with Gasteiger partial charge in [0.1, 0.15) is 5.82 Å². The molecular formula is C9H20N6. The van der Waals surface area contributed by atoms with Crippen LogP contribution in [0.2, 0.25) is 0 Å². The summed E-state index contributed by atoms with van der Waals surface area (Å²) in [4.78, 5) is 4.33. The SMILES string of the molecule is CCC(C)c1nc(N(N)CCCN)n[nH]1. The fourth-order valence-corrected chi connectivity index (χ4v) is 1.17. The molecule has 6 nitrogen and oxygen atoms in total. The van der Waals surface area contributed by atoms with Gasteiger partial charge < -0.3 is 5.73 Å². The number of nitrogens with two attached hydrogens (primary N) is 2. The molecule has 0 saturated carbocycles. The van der Waals surface area contributed by atoms with E-state index in [1.807, 2.05) is 0 Å². The van der Waals surface area contributed by atoms with Crippen LogP contribution in [-0.2, 0) is 0 Å². The molecule has 0 aliphatic carbocycles. The molecule has 0 aromatic carbocycles. The van der Waals surface area contributed by atoms with Gasteiger partial charge >= 0.3 is 0 Å². The van der Waals surface area contributed by atoms with Gasteiger partial charge in [0.2, 0.25) is 0 Å². The number of hydrazine groups is 1. The van der Waals surface area contributed by atoms with E-state index in [9.17, 15) is 0 Å². The zero-order valence-electron chi connectivity index (χ0n) is 9.40. The molecule has 0 bridgehead atoms. The first-order valence-electron chi connectivity index (χ1n) is 5.33. The van der Waals surface area contributed by atoms with Crippen LogP contribution >= 0.6 is 0 Å². The molecule has 0 aliphatic rings. The minimum absolute atomic E-state index is 0.383. The Morgan fingerprint density at radius 2 is 2.27 bits per heavy atom. The van der Waals surface area contributed by atoms with Crippen LogP contribution in [0.4, 0.5) is 5.95 Å². The van der Waals surface area contributed by atoms with Crippen molar-refractivity contribution in [1.29, 1.82) is 0 Å². The number of hydrogen-bond acceptors (Lipinski definition) is 5. The summed E-state index contributed by atoms with van der Waals surface area (Å²) >= 11 is 0. The van der Waals surface area contributed by atoms with Gasteiger partial charge in [0.25, 0.3) is 5.95 Å². The Balaban J connectivity index is 2.58. The summed E-state index contributed by atoms with van der Waals surface area (Å²) in [6, 6.07) is 0. The van der Waals surface area contributed by atoms with Crippen LogP contribution in [0, 0.1) is 0 Å². The monoisotopic (exact) mass is 212 g/mol. The summed E-state index contributed by atoms with van der Waals surface area (Å²) in [5, 5.41) is 8.48. The number of hydrogen-bond donors (Lipinski definition) is 3. The van der Waals surface area contributed by atoms with E-state index in [-0.39, 0.29) is 0 Å².